The van der Waals surface area contributed by atoms with E-state index in [2.05, 4.69) is 5.32 Å². The molecule has 3 nitrogen and oxygen atoms in total. The van der Waals surface area contributed by atoms with Gasteiger partial charge in [-0.1, -0.05) is 12.8 Å². The van der Waals surface area contributed by atoms with E-state index in [-0.39, 0.29) is 5.91 Å². The van der Waals surface area contributed by atoms with Crippen LogP contribution in [0.2, 0.25) is 0 Å². The third-order valence-corrected chi connectivity index (χ3v) is 2.54. The summed E-state index contributed by atoms with van der Waals surface area (Å²) < 4.78 is 0. The van der Waals surface area contributed by atoms with Crippen molar-refractivity contribution in [2.24, 2.45) is 5.92 Å². The van der Waals surface area contributed by atoms with Crippen LogP contribution in [0, 0.1) is 5.92 Å². The number of aliphatic hydroxyl groups is 1. The van der Waals surface area contributed by atoms with Gasteiger partial charge < -0.3 is 10.4 Å². The van der Waals surface area contributed by atoms with Crippen molar-refractivity contribution in [3.8, 4) is 0 Å². The highest BCUT2D eigenvalue weighted by atomic mass is 16.3. The monoisotopic (exact) mass is 185 g/mol. The van der Waals surface area contributed by atoms with Crippen LogP contribution in [-0.2, 0) is 4.79 Å². The standard InChI is InChI=1S/C10H19NO2/c1-8(12)7-11-10(13)6-9-4-2-3-5-9/h8-9,12H,2-7H2,1H3,(H,11,13)/t8-/m0/s1. The molecule has 1 saturated carbocycles. The molecule has 1 rings (SSSR count). The summed E-state index contributed by atoms with van der Waals surface area (Å²) in [5.41, 5.74) is 0. The van der Waals surface area contributed by atoms with Crippen molar-refractivity contribution in [1.29, 1.82) is 0 Å². The summed E-state index contributed by atoms with van der Waals surface area (Å²) in [4.78, 5) is 11.3. The Morgan fingerprint density at radius 1 is 1.54 bits per heavy atom. The first-order chi connectivity index (χ1) is 6.18. The van der Waals surface area contributed by atoms with Gasteiger partial charge >= 0.3 is 0 Å². The SMILES string of the molecule is C[C@H](O)CNC(=O)CC1CCCC1. The van der Waals surface area contributed by atoms with Gasteiger partial charge in [0.2, 0.25) is 5.91 Å². The van der Waals surface area contributed by atoms with Gasteiger partial charge in [-0.25, -0.2) is 0 Å². The van der Waals surface area contributed by atoms with Gasteiger partial charge in [0, 0.05) is 13.0 Å². The maximum atomic E-state index is 11.3. The molecular formula is C10H19NO2. The smallest absolute Gasteiger partial charge is 0.220 e. The minimum Gasteiger partial charge on any atom is -0.392 e. The summed E-state index contributed by atoms with van der Waals surface area (Å²) in [5.74, 6) is 0.682. The number of carbonyl (C=O) groups excluding carboxylic acids is 1. The summed E-state index contributed by atoms with van der Waals surface area (Å²) in [5, 5.41) is 11.7. The van der Waals surface area contributed by atoms with Crippen LogP contribution in [0.25, 0.3) is 0 Å². The second-order valence-corrected chi connectivity index (χ2v) is 4.01. The Labute approximate surface area is 79.5 Å². The number of rotatable bonds is 4. The van der Waals surface area contributed by atoms with Crippen LogP contribution in [0.1, 0.15) is 39.0 Å². The van der Waals surface area contributed by atoms with E-state index in [1.165, 1.54) is 25.7 Å². The van der Waals surface area contributed by atoms with Crippen molar-refractivity contribution in [1.82, 2.24) is 5.32 Å². The van der Waals surface area contributed by atoms with Crippen LogP contribution in [0.15, 0.2) is 0 Å². The van der Waals surface area contributed by atoms with Crippen molar-refractivity contribution in [2.45, 2.75) is 45.1 Å². The Morgan fingerprint density at radius 3 is 2.69 bits per heavy atom. The lowest BCUT2D eigenvalue weighted by Gasteiger charge is -2.10. The third kappa shape index (κ3) is 4.27. The maximum Gasteiger partial charge on any atom is 0.220 e. The number of hydrogen-bond donors (Lipinski definition) is 2. The molecule has 1 fully saturated rings. The van der Waals surface area contributed by atoms with Gasteiger partial charge in [-0.2, -0.15) is 0 Å². The van der Waals surface area contributed by atoms with Crippen LogP contribution in [-0.4, -0.2) is 23.7 Å². The molecule has 0 aromatic rings. The Hall–Kier alpha value is -0.570. The summed E-state index contributed by atoms with van der Waals surface area (Å²) in [7, 11) is 0. The first kappa shape index (κ1) is 10.5. The molecule has 13 heavy (non-hydrogen) atoms. The van der Waals surface area contributed by atoms with Crippen molar-refractivity contribution in [3.05, 3.63) is 0 Å². The predicted octanol–water partition coefficient (Wildman–Crippen LogP) is 1.06. The van der Waals surface area contributed by atoms with Crippen LogP contribution in [0.4, 0.5) is 0 Å². The number of hydrogen-bond acceptors (Lipinski definition) is 2. The molecule has 1 amide bonds. The molecule has 2 N–H and O–H groups in total. The van der Waals surface area contributed by atoms with E-state index >= 15 is 0 Å². The largest absolute Gasteiger partial charge is 0.392 e. The second-order valence-electron chi connectivity index (χ2n) is 4.01. The van der Waals surface area contributed by atoms with Crippen molar-refractivity contribution >= 4 is 5.91 Å². The van der Waals surface area contributed by atoms with Gasteiger partial charge in [-0.15, -0.1) is 0 Å². The number of carbonyl (C=O) groups is 1. The molecule has 0 aromatic carbocycles. The van der Waals surface area contributed by atoms with E-state index in [1.807, 2.05) is 0 Å². The predicted molar refractivity (Wildman–Crippen MR) is 51.3 cm³/mol. The van der Waals surface area contributed by atoms with Crippen LogP contribution in [0.5, 0.6) is 0 Å². The minimum atomic E-state index is -0.437. The van der Waals surface area contributed by atoms with Crippen LogP contribution in [0.3, 0.4) is 0 Å². The average Bonchev–Trinajstić information content (AvgIpc) is 2.53. The Bertz CT molecular complexity index is 162. The molecule has 3 heteroatoms. The fraction of sp³-hybridized carbons (Fsp3) is 0.900. The molecule has 1 atom stereocenters. The van der Waals surface area contributed by atoms with E-state index in [1.54, 1.807) is 6.92 Å². The second kappa shape index (κ2) is 5.22. The molecule has 0 aliphatic heterocycles. The zero-order valence-corrected chi connectivity index (χ0v) is 8.25. The molecule has 0 saturated heterocycles. The number of amides is 1. The van der Waals surface area contributed by atoms with Gasteiger partial charge in [0.25, 0.3) is 0 Å². The van der Waals surface area contributed by atoms with Gasteiger partial charge in [0.05, 0.1) is 6.10 Å². The highest BCUT2D eigenvalue weighted by molar-refractivity contribution is 5.76. The maximum absolute atomic E-state index is 11.3. The first-order valence-corrected chi connectivity index (χ1v) is 5.13. The van der Waals surface area contributed by atoms with Gasteiger partial charge in [0.15, 0.2) is 0 Å². The highest BCUT2D eigenvalue weighted by Gasteiger charge is 2.18. The third-order valence-electron chi connectivity index (χ3n) is 2.54. The minimum absolute atomic E-state index is 0.0906. The Morgan fingerprint density at radius 2 is 2.15 bits per heavy atom. The fourth-order valence-electron chi connectivity index (χ4n) is 1.81. The zero-order chi connectivity index (χ0) is 9.68. The average molecular weight is 185 g/mol. The van der Waals surface area contributed by atoms with E-state index in [0.29, 0.717) is 18.9 Å². The molecule has 0 unspecified atom stereocenters. The molecule has 0 aromatic heterocycles. The van der Waals surface area contributed by atoms with Gasteiger partial charge in [0.1, 0.15) is 0 Å². The molecule has 1 aliphatic carbocycles. The molecule has 0 spiro atoms. The summed E-state index contributed by atoms with van der Waals surface area (Å²) in [6.07, 6.45) is 5.15. The van der Waals surface area contributed by atoms with Crippen LogP contribution >= 0.6 is 0 Å². The molecule has 1 aliphatic rings. The quantitative estimate of drug-likeness (QED) is 0.688. The van der Waals surface area contributed by atoms with Crippen LogP contribution < -0.4 is 5.32 Å². The Kier molecular flexibility index (Phi) is 4.22. The van der Waals surface area contributed by atoms with E-state index < -0.39 is 6.10 Å². The molecule has 76 valence electrons. The van der Waals surface area contributed by atoms with E-state index in [4.69, 9.17) is 5.11 Å². The number of nitrogens with one attached hydrogen (secondary N) is 1. The topological polar surface area (TPSA) is 49.3 Å². The fourth-order valence-corrected chi connectivity index (χ4v) is 1.81. The number of aliphatic hydroxyl groups excluding tert-OH is 1. The van der Waals surface area contributed by atoms with Crippen molar-refractivity contribution in [2.75, 3.05) is 6.54 Å². The van der Waals surface area contributed by atoms with Gasteiger partial charge in [-0.3, -0.25) is 4.79 Å². The van der Waals surface area contributed by atoms with Crippen molar-refractivity contribution in [3.63, 3.8) is 0 Å². The molecular weight excluding hydrogens is 166 g/mol. The van der Waals surface area contributed by atoms with E-state index in [9.17, 15) is 4.79 Å². The Balaban J connectivity index is 2.09. The molecule has 0 heterocycles. The first-order valence-electron chi connectivity index (χ1n) is 5.13. The lowest BCUT2D eigenvalue weighted by molar-refractivity contribution is -0.122. The van der Waals surface area contributed by atoms with E-state index in [0.717, 1.165) is 0 Å². The molecule has 0 radical (unpaired) electrons. The highest BCUT2D eigenvalue weighted by Crippen LogP contribution is 2.27. The molecule has 0 bridgehead atoms. The summed E-state index contributed by atoms with van der Waals surface area (Å²) >= 11 is 0. The van der Waals surface area contributed by atoms with Crippen molar-refractivity contribution < 1.29 is 9.90 Å². The zero-order valence-electron chi connectivity index (χ0n) is 8.25. The normalized spacial score (nSPS) is 20.2. The lowest BCUT2D eigenvalue weighted by Crippen LogP contribution is -2.31. The lowest BCUT2D eigenvalue weighted by atomic mass is 10.0. The summed E-state index contributed by atoms with van der Waals surface area (Å²) in [6, 6.07) is 0. The summed E-state index contributed by atoms with van der Waals surface area (Å²) in [6.45, 7) is 2.06. The van der Waals surface area contributed by atoms with Gasteiger partial charge in [-0.05, 0) is 25.7 Å².